The molecule has 0 bridgehead atoms. The lowest BCUT2D eigenvalue weighted by molar-refractivity contribution is 0.491. The van der Waals surface area contributed by atoms with Crippen molar-refractivity contribution in [2.24, 2.45) is 0 Å². The quantitative estimate of drug-likeness (QED) is 0.278. The Balaban J connectivity index is 3.16. The Kier molecular flexibility index (Phi) is 11.6. The number of unbranched alkanes of at least 4 members (excludes halogenated alkanes) is 6. The molecule has 0 heterocycles. The molecule has 0 aliphatic heterocycles. The van der Waals surface area contributed by atoms with Crippen LogP contribution in [0.3, 0.4) is 0 Å². The summed E-state index contributed by atoms with van der Waals surface area (Å²) in [6, 6.07) is 2.52. The molecule has 0 aliphatic rings. The van der Waals surface area contributed by atoms with Crippen molar-refractivity contribution in [1.82, 2.24) is 0 Å². The zero-order valence-electron chi connectivity index (χ0n) is 17.5. The molecule has 1 aromatic carbocycles. The molecule has 0 saturated carbocycles. The van der Waals surface area contributed by atoms with E-state index in [2.05, 4.69) is 20.8 Å². The summed E-state index contributed by atoms with van der Waals surface area (Å²) in [5, 5.41) is 0. The SMILES string of the molecule is CCCCCS(CCCCC)(CCCCC)OS(=O)(=O)c1ccc(F)cc1F. The summed E-state index contributed by atoms with van der Waals surface area (Å²) < 4.78 is 59.1. The van der Waals surface area contributed by atoms with Crippen LogP contribution in [0.2, 0.25) is 0 Å². The highest BCUT2D eigenvalue weighted by Gasteiger charge is 2.33. The van der Waals surface area contributed by atoms with Gasteiger partial charge in [-0.15, -0.1) is 10.3 Å². The highest BCUT2D eigenvalue weighted by atomic mass is 32.3. The van der Waals surface area contributed by atoms with E-state index in [1.165, 1.54) is 0 Å². The van der Waals surface area contributed by atoms with Gasteiger partial charge in [0, 0.05) is 23.3 Å². The summed E-state index contributed by atoms with van der Waals surface area (Å²) in [7, 11) is -6.18. The molecule has 1 rings (SSSR count). The van der Waals surface area contributed by atoms with E-state index in [9.17, 15) is 17.2 Å². The molecule has 7 heteroatoms. The van der Waals surface area contributed by atoms with Crippen LogP contribution in [0.5, 0.6) is 0 Å². The molecule has 0 fully saturated rings. The molecule has 1 aromatic rings. The van der Waals surface area contributed by atoms with Gasteiger partial charge in [0.2, 0.25) is 0 Å². The number of rotatable bonds is 15. The van der Waals surface area contributed by atoms with E-state index in [1.807, 2.05) is 0 Å². The van der Waals surface area contributed by atoms with Crippen molar-refractivity contribution in [2.45, 2.75) is 83.5 Å². The molecule has 28 heavy (non-hydrogen) atoms. The van der Waals surface area contributed by atoms with E-state index in [0.717, 1.165) is 87.2 Å². The van der Waals surface area contributed by atoms with Gasteiger partial charge in [-0.05, 0) is 31.4 Å². The van der Waals surface area contributed by atoms with Crippen molar-refractivity contribution in [3.05, 3.63) is 29.8 Å². The van der Waals surface area contributed by atoms with Crippen molar-refractivity contribution in [1.29, 1.82) is 0 Å². The van der Waals surface area contributed by atoms with Crippen molar-refractivity contribution >= 4 is 20.4 Å². The fraction of sp³-hybridized carbons (Fsp3) is 0.714. The summed E-state index contributed by atoms with van der Waals surface area (Å²) in [4.78, 5) is -0.563. The van der Waals surface area contributed by atoms with Crippen molar-refractivity contribution in [3.63, 3.8) is 0 Å². The van der Waals surface area contributed by atoms with Gasteiger partial charge in [0.15, 0.2) is 0 Å². The lowest BCUT2D eigenvalue weighted by atomic mass is 10.3. The van der Waals surface area contributed by atoms with Crippen LogP contribution in [0.15, 0.2) is 23.1 Å². The molecule has 0 amide bonds. The summed E-state index contributed by atoms with van der Waals surface area (Å²) in [6.07, 6.45) is 8.90. The minimum Gasteiger partial charge on any atom is -0.216 e. The van der Waals surface area contributed by atoms with E-state index >= 15 is 0 Å². The minimum atomic E-state index is -4.28. The van der Waals surface area contributed by atoms with Crippen LogP contribution in [0.25, 0.3) is 0 Å². The van der Waals surface area contributed by atoms with Gasteiger partial charge in [-0.3, -0.25) is 0 Å². The Labute approximate surface area is 171 Å². The second-order valence-corrected chi connectivity index (χ2v) is 12.3. The highest BCUT2D eigenvalue weighted by Crippen LogP contribution is 2.54. The van der Waals surface area contributed by atoms with Gasteiger partial charge in [-0.1, -0.05) is 59.3 Å². The molecular weight excluding hydrogens is 402 g/mol. The van der Waals surface area contributed by atoms with Crippen LogP contribution in [-0.4, -0.2) is 25.7 Å². The Morgan fingerprint density at radius 1 is 0.786 bits per heavy atom. The first-order valence-corrected chi connectivity index (χ1v) is 13.9. The van der Waals surface area contributed by atoms with Crippen molar-refractivity contribution in [2.75, 3.05) is 17.3 Å². The molecule has 0 aromatic heterocycles. The number of hydrogen-bond acceptors (Lipinski definition) is 3. The van der Waals surface area contributed by atoms with E-state index in [1.54, 1.807) is 0 Å². The standard InChI is InChI=1S/C21H36F2O3S2/c1-4-7-10-15-27(16-11-8-5-2,17-12-9-6-3)26-28(24,25)21-14-13-19(22)18-20(21)23/h13-14,18H,4-12,15-17H2,1-3H3. The Morgan fingerprint density at radius 3 is 1.64 bits per heavy atom. The van der Waals surface area contributed by atoms with Gasteiger partial charge in [0.05, 0.1) is 0 Å². The van der Waals surface area contributed by atoms with Gasteiger partial charge in [0.25, 0.3) is 0 Å². The monoisotopic (exact) mass is 438 g/mol. The maximum atomic E-state index is 14.2. The normalized spacial score (nSPS) is 13.0. The van der Waals surface area contributed by atoms with Crippen LogP contribution in [0.1, 0.15) is 78.6 Å². The third-order valence-corrected chi connectivity index (χ3v) is 10.6. The smallest absolute Gasteiger partial charge is 0.216 e. The molecular formula is C21H36F2O3S2. The van der Waals surface area contributed by atoms with Gasteiger partial charge in [-0.2, -0.15) is 8.42 Å². The van der Waals surface area contributed by atoms with Crippen LogP contribution in [0.4, 0.5) is 8.78 Å². The van der Waals surface area contributed by atoms with Crippen molar-refractivity contribution < 1.29 is 20.8 Å². The summed E-state index contributed by atoms with van der Waals surface area (Å²) in [5.41, 5.74) is 0. The first-order chi connectivity index (χ1) is 13.3. The molecule has 3 nitrogen and oxygen atoms in total. The summed E-state index contributed by atoms with van der Waals surface area (Å²) in [6.45, 7) is 6.32. The highest BCUT2D eigenvalue weighted by molar-refractivity contribution is 8.33. The van der Waals surface area contributed by atoms with Gasteiger partial charge in [0.1, 0.15) is 16.5 Å². The third-order valence-electron chi connectivity index (χ3n) is 4.76. The first-order valence-electron chi connectivity index (χ1n) is 10.5. The van der Waals surface area contributed by atoms with E-state index in [-0.39, 0.29) is 0 Å². The minimum absolute atomic E-state index is 0.563. The molecule has 0 N–H and O–H groups in total. The molecule has 0 aliphatic carbocycles. The summed E-state index contributed by atoms with van der Waals surface area (Å²) in [5.74, 6) is 0.260. The van der Waals surface area contributed by atoms with E-state index < -0.39 is 37.0 Å². The number of benzene rings is 1. The second-order valence-electron chi connectivity index (χ2n) is 7.30. The van der Waals surface area contributed by atoms with Gasteiger partial charge < -0.3 is 0 Å². The van der Waals surface area contributed by atoms with E-state index in [4.69, 9.17) is 3.63 Å². The Morgan fingerprint density at radius 2 is 1.25 bits per heavy atom. The lowest BCUT2D eigenvalue weighted by Crippen LogP contribution is -2.22. The van der Waals surface area contributed by atoms with Crippen LogP contribution >= 0.6 is 10.3 Å². The van der Waals surface area contributed by atoms with Crippen molar-refractivity contribution in [3.8, 4) is 0 Å². The molecule has 0 radical (unpaired) electrons. The predicted molar refractivity (Wildman–Crippen MR) is 115 cm³/mol. The van der Waals surface area contributed by atoms with Crippen LogP contribution in [0, 0.1) is 11.6 Å². The zero-order chi connectivity index (χ0) is 21.0. The average molecular weight is 439 g/mol. The topological polar surface area (TPSA) is 43.4 Å². The predicted octanol–water partition coefficient (Wildman–Crippen LogP) is 6.96. The molecule has 0 spiro atoms. The molecule has 164 valence electrons. The first kappa shape index (κ1) is 25.4. The Bertz CT molecular complexity index is 652. The molecule has 0 unspecified atom stereocenters. The maximum absolute atomic E-state index is 14.2. The number of hydrogen-bond donors (Lipinski definition) is 0. The fourth-order valence-electron chi connectivity index (χ4n) is 3.16. The van der Waals surface area contributed by atoms with Crippen LogP contribution < -0.4 is 0 Å². The third kappa shape index (κ3) is 8.37. The fourth-order valence-corrected chi connectivity index (χ4v) is 9.12. The maximum Gasteiger partial charge on any atom is 0.309 e. The second kappa shape index (κ2) is 12.8. The molecule has 0 atom stereocenters. The number of halogens is 2. The largest absolute Gasteiger partial charge is 0.309 e. The zero-order valence-corrected chi connectivity index (χ0v) is 19.1. The van der Waals surface area contributed by atoms with E-state index in [0.29, 0.717) is 6.07 Å². The van der Waals surface area contributed by atoms with Crippen LogP contribution in [-0.2, 0) is 13.7 Å². The van der Waals surface area contributed by atoms with Gasteiger partial charge in [-0.25, -0.2) is 12.4 Å². The average Bonchev–Trinajstić information content (AvgIpc) is 2.61. The summed E-state index contributed by atoms with van der Waals surface area (Å²) >= 11 is 0. The lowest BCUT2D eigenvalue weighted by Gasteiger charge is -2.39. The Hall–Kier alpha value is -0.660. The van der Waals surface area contributed by atoms with Gasteiger partial charge >= 0.3 is 10.1 Å². The molecule has 0 saturated heterocycles.